The van der Waals surface area contributed by atoms with Gasteiger partial charge in [0.2, 0.25) is 5.91 Å². The summed E-state index contributed by atoms with van der Waals surface area (Å²) in [5.41, 5.74) is 2.77. The van der Waals surface area contributed by atoms with Crippen molar-refractivity contribution in [2.75, 3.05) is 16.0 Å². The number of aromatic nitrogens is 2. The highest BCUT2D eigenvalue weighted by molar-refractivity contribution is 5.88. The van der Waals surface area contributed by atoms with Crippen LogP contribution in [-0.4, -0.2) is 15.9 Å². The summed E-state index contributed by atoms with van der Waals surface area (Å²) >= 11 is 0. The van der Waals surface area contributed by atoms with Gasteiger partial charge in [0.1, 0.15) is 23.5 Å². The number of hydrogen-bond donors (Lipinski definition) is 3. The van der Waals surface area contributed by atoms with E-state index in [1.165, 1.54) is 6.92 Å². The van der Waals surface area contributed by atoms with E-state index in [9.17, 15) is 10.1 Å². The number of anilines is 5. The molecule has 0 atom stereocenters. The molecule has 27 heavy (non-hydrogen) atoms. The number of amides is 1. The molecule has 0 saturated heterocycles. The Morgan fingerprint density at radius 2 is 1.59 bits per heavy atom. The predicted molar refractivity (Wildman–Crippen MR) is 105 cm³/mol. The highest BCUT2D eigenvalue weighted by atomic mass is 16.1. The molecule has 0 aliphatic heterocycles. The summed E-state index contributed by atoms with van der Waals surface area (Å²) in [6.07, 6.45) is 0. The molecule has 0 unspecified atom stereocenters. The van der Waals surface area contributed by atoms with E-state index in [4.69, 9.17) is 0 Å². The number of hydrogen-bond acceptors (Lipinski definition) is 6. The van der Waals surface area contributed by atoms with Crippen molar-refractivity contribution in [1.29, 1.82) is 5.26 Å². The number of para-hydroxylation sites is 1. The summed E-state index contributed by atoms with van der Waals surface area (Å²) in [7, 11) is 0. The van der Waals surface area contributed by atoms with Gasteiger partial charge in [-0.3, -0.25) is 4.79 Å². The Balaban J connectivity index is 1.79. The largest absolute Gasteiger partial charge is 0.340 e. The van der Waals surface area contributed by atoms with E-state index in [1.807, 2.05) is 30.3 Å². The van der Waals surface area contributed by atoms with Gasteiger partial charge in [-0.25, -0.2) is 9.97 Å². The molecule has 0 radical (unpaired) electrons. The van der Waals surface area contributed by atoms with E-state index in [0.29, 0.717) is 28.7 Å². The molecule has 7 heteroatoms. The predicted octanol–water partition coefficient (Wildman–Crippen LogP) is 4.10. The summed E-state index contributed by atoms with van der Waals surface area (Å²) in [4.78, 5) is 19.9. The van der Waals surface area contributed by atoms with Gasteiger partial charge in [-0.15, -0.1) is 0 Å². The smallest absolute Gasteiger partial charge is 0.221 e. The molecule has 0 aliphatic carbocycles. The maximum Gasteiger partial charge on any atom is 0.221 e. The number of nitrogens with one attached hydrogen (secondary N) is 3. The maximum absolute atomic E-state index is 11.1. The van der Waals surface area contributed by atoms with Crippen LogP contribution in [0.4, 0.5) is 28.7 Å². The SMILES string of the molecule is CC(=O)Nc1ccc(Nc2cc(Nc3ccccc3C#N)nc(C)n2)cc1. The van der Waals surface area contributed by atoms with Gasteiger partial charge in [-0.2, -0.15) is 5.26 Å². The summed E-state index contributed by atoms with van der Waals surface area (Å²) in [6, 6.07) is 18.5. The summed E-state index contributed by atoms with van der Waals surface area (Å²) in [6.45, 7) is 3.27. The van der Waals surface area contributed by atoms with Crippen LogP contribution in [0.5, 0.6) is 0 Å². The first-order valence-corrected chi connectivity index (χ1v) is 8.30. The molecule has 0 fully saturated rings. The Morgan fingerprint density at radius 1 is 0.963 bits per heavy atom. The number of benzene rings is 2. The molecule has 3 N–H and O–H groups in total. The first kappa shape index (κ1) is 17.9. The average Bonchev–Trinajstić information content (AvgIpc) is 2.63. The summed E-state index contributed by atoms with van der Waals surface area (Å²) < 4.78 is 0. The highest BCUT2D eigenvalue weighted by Gasteiger charge is 2.06. The van der Waals surface area contributed by atoms with E-state index in [0.717, 1.165) is 11.4 Å². The average molecular weight is 358 g/mol. The Labute approximate surface area is 157 Å². The molecule has 1 aromatic heterocycles. The third-order valence-electron chi connectivity index (χ3n) is 3.63. The zero-order valence-corrected chi connectivity index (χ0v) is 14.9. The monoisotopic (exact) mass is 358 g/mol. The maximum atomic E-state index is 11.1. The quantitative estimate of drug-likeness (QED) is 0.634. The van der Waals surface area contributed by atoms with Crippen LogP contribution >= 0.6 is 0 Å². The molecule has 0 aliphatic rings. The van der Waals surface area contributed by atoms with Gasteiger partial charge in [0.05, 0.1) is 11.3 Å². The number of carbonyl (C=O) groups is 1. The zero-order chi connectivity index (χ0) is 19.2. The fourth-order valence-electron chi connectivity index (χ4n) is 2.51. The molecular weight excluding hydrogens is 340 g/mol. The van der Waals surface area contributed by atoms with Crippen molar-refractivity contribution in [2.45, 2.75) is 13.8 Å². The third-order valence-corrected chi connectivity index (χ3v) is 3.63. The zero-order valence-electron chi connectivity index (χ0n) is 14.9. The van der Waals surface area contributed by atoms with Crippen LogP contribution in [0, 0.1) is 18.3 Å². The molecule has 0 bridgehead atoms. The Bertz CT molecular complexity index is 1010. The number of carbonyl (C=O) groups excluding carboxylic acids is 1. The molecule has 0 spiro atoms. The minimum Gasteiger partial charge on any atom is -0.340 e. The van der Waals surface area contributed by atoms with Crippen LogP contribution in [0.25, 0.3) is 0 Å². The Kier molecular flexibility index (Phi) is 5.28. The van der Waals surface area contributed by atoms with Crippen LogP contribution in [0.2, 0.25) is 0 Å². The topological polar surface area (TPSA) is 103 Å². The van der Waals surface area contributed by atoms with E-state index >= 15 is 0 Å². The summed E-state index contributed by atoms with van der Waals surface area (Å²) in [5.74, 6) is 1.68. The lowest BCUT2D eigenvalue weighted by Gasteiger charge is -2.11. The summed E-state index contributed by atoms with van der Waals surface area (Å²) in [5, 5.41) is 18.3. The Morgan fingerprint density at radius 3 is 2.26 bits per heavy atom. The van der Waals surface area contributed by atoms with E-state index < -0.39 is 0 Å². The van der Waals surface area contributed by atoms with Crippen LogP contribution < -0.4 is 16.0 Å². The number of nitrogens with zero attached hydrogens (tertiary/aromatic N) is 3. The van der Waals surface area contributed by atoms with Gasteiger partial charge < -0.3 is 16.0 Å². The van der Waals surface area contributed by atoms with Crippen molar-refractivity contribution in [2.24, 2.45) is 0 Å². The Hall–Kier alpha value is -3.92. The molecule has 1 heterocycles. The molecular formula is C20H18N6O. The van der Waals surface area contributed by atoms with Crippen LogP contribution in [0.15, 0.2) is 54.6 Å². The molecule has 0 saturated carbocycles. The fourth-order valence-corrected chi connectivity index (χ4v) is 2.51. The standard InChI is InChI=1S/C20H18N6O/c1-13-22-19(25-17-9-7-16(8-10-17)24-14(2)27)11-20(23-13)26-18-6-4-3-5-15(18)12-21/h3-11H,1-2H3,(H,24,27)(H2,22,23,25,26). The minimum absolute atomic E-state index is 0.115. The lowest BCUT2D eigenvalue weighted by Crippen LogP contribution is -2.05. The van der Waals surface area contributed by atoms with Crippen LogP contribution in [-0.2, 0) is 4.79 Å². The second-order valence-electron chi connectivity index (χ2n) is 5.85. The van der Waals surface area contributed by atoms with E-state index in [2.05, 4.69) is 32.0 Å². The second kappa shape index (κ2) is 7.97. The minimum atomic E-state index is -0.115. The fraction of sp³-hybridized carbons (Fsp3) is 0.100. The van der Waals surface area contributed by atoms with Gasteiger partial charge in [0.15, 0.2) is 0 Å². The van der Waals surface area contributed by atoms with Gasteiger partial charge in [-0.1, -0.05) is 12.1 Å². The van der Waals surface area contributed by atoms with Crippen molar-refractivity contribution < 1.29 is 4.79 Å². The van der Waals surface area contributed by atoms with Gasteiger partial charge in [0, 0.05) is 24.4 Å². The van der Waals surface area contributed by atoms with Crippen molar-refractivity contribution >= 4 is 34.6 Å². The highest BCUT2D eigenvalue weighted by Crippen LogP contribution is 2.23. The van der Waals surface area contributed by atoms with Crippen molar-refractivity contribution in [3.05, 3.63) is 66.0 Å². The van der Waals surface area contributed by atoms with Gasteiger partial charge in [0.25, 0.3) is 0 Å². The number of nitriles is 1. The first-order valence-electron chi connectivity index (χ1n) is 8.30. The molecule has 134 valence electrons. The molecule has 2 aromatic carbocycles. The lowest BCUT2D eigenvalue weighted by atomic mass is 10.2. The van der Waals surface area contributed by atoms with Gasteiger partial charge in [-0.05, 0) is 43.3 Å². The molecule has 3 rings (SSSR count). The molecule has 7 nitrogen and oxygen atoms in total. The van der Waals surface area contributed by atoms with Crippen LogP contribution in [0.1, 0.15) is 18.3 Å². The number of rotatable bonds is 5. The first-order chi connectivity index (χ1) is 13.0. The lowest BCUT2D eigenvalue weighted by molar-refractivity contribution is -0.114. The van der Waals surface area contributed by atoms with Crippen molar-refractivity contribution in [1.82, 2.24) is 9.97 Å². The molecule has 3 aromatic rings. The third kappa shape index (κ3) is 4.80. The molecule has 1 amide bonds. The van der Waals surface area contributed by atoms with Crippen molar-refractivity contribution in [3.63, 3.8) is 0 Å². The number of aryl methyl sites for hydroxylation is 1. The normalized spacial score (nSPS) is 9.96. The van der Waals surface area contributed by atoms with Gasteiger partial charge >= 0.3 is 0 Å². The second-order valence-corrected chi connectivity index (χ2v) is 5.85. The van der Waals surface area contributed by atoms with Crippen molar-refractivity contribution in [3.8, 4) is 6.07 Å². The van der Waals surface area contributed by atoms with E-state index in [1.54, 1.807) is 31.2 Å². The van der Waals surface area contributed by atoms with Crippen LogP contribution in [0.3, 0.4) is 0 Å². The van der Waals surface area contributed by atoms with E-state index in [-0.39, 0.29) is 5.91 Å².